The largest absolute Gasteiger partial charge is 0.481 e. The molecule has 1 aromatic heterocycles. The highest BCUT2D eigenvalue weighted by Gasteiger charge is 2.44. The number of hydrogen-bond acceptors (Lipinski definition) is 5. The number of nitrogens with zero attached hydrogens (tertiary/aromatic N) is 1. The minimum atomic E-state index is -0.903. The van der Waals surface area contributed by atoms with Crippen LogP contribution in [0.15, 0.2) is 84.2 Å². The number of carboxylic acid groups (broad SMARTS) is 1. The number of carbonyl (C=O) groups is 1. The number of aliphatic carboxylic acids is 1. The number of carboxylic acids is 1. The van der Waals surface area contributed by atoms with Crippen molar-refractivity contribution in [1.82, 2.24) is 4.98 Å². The summed E-state index contributed by atoms with van der Waals surface area (Å²) in [5.41, 5.74) is 5.61. The molecule has 0 spiro atoms. The van der Waals surface area contributed by atoms with Crippen LogP contribution >= 0.6 is 23.1 Å². The van der Waals surface area contributed by atoms with E-state index < -0.39 is 11.6 Å². The highest BCUT2D eigenvalue weighted by Crippen LogP contribution is 2.53. The monoisotopic (exact) mass is 583 g/mol. The zero-order valence-corrected chi connectivity index (χ0v) is 25.3. The van der Waals surface area contributed by atoms with E-state index in [-0.39, 0.29) is 17.1 Å². The molecular weight excluding hydrogens is 547 g/mol. The van der Waals surface area contributed by atoms with Crippen molar-refractivity contribution in [1.29, 1.82) is 0 Å². The molecule has 3 aromatic carbocycles. The fourth-order valence-electron chi connectivity index (χ4n) is 5.25. The molecule has 1 saturated carbocycles. The predicted molar refractivity (Wildman–Crippen MR) is 172 cm³/mol. The molecule has 1 heterocycles. The van der Waals surface area contributed by atoms with Gasteiger partial charge in [-0.15, -0.1) is 11.3 Å². The maximum Gasteiger partial charge on any atom is 0.303 e. The van der Waals surface area contributed by atoms with Crippen molar-refractivity contribution in [3.8, 4) is 11.3 Å². The van der Waals surface area contributed by atoms with Crippen LogP contribution in [0.3, 0.4) is 0 Å². The standard InChI is InChI=1S/C35H37NO3S2/c1-34(2,39)29-14-7-6-10-26(29)16-17-31(41-24-35(19-20-35)22-33(37)38)28-13-8-9-25(21-28)15-18-32-36-30(23-40-32)27-11-4-3-5-12-27/h3-15,18,21,23,31,39H,16-17,19-20,22,24H2,1-2H3,(H,37,38)/b18-15+/t31-/m1/s1. The van der Waals surface area contributed by atoms with Crippen molar-refractivity contribution in [2.45, 2.75) is 56.8 Å². The number of aromatic nitrogens is 1. The van der Waals surface area contributed by atoms with Gasteiger partial charge < -0.3 is 10.2 Å². The van der Waals surface area contributed by atoms with Crippen molar-refractivity contribution in [3.63, 3.8) is 0 Å². The van der Waals surface area contributed by atoms with Gasteiger partial charge in [0.05, 0.1) is 17.7 Å². The van der Waals surface area contributed by atoms with Crippen LogP contribution in [0.1, 0.15) is 72.0 Å². The number of hydrogen-bond donors (Lipinski definition) is 2. The lowest BCUT2D eigenvalue weighted by Gasteiger charge is -2.24. The molecule has 0 bridgehead atoms. The van der Waals surface area contributed by atoms with Crippen LogP contribution in [0.2, 0.25) is 0 Å². The van der Waals surface area contributed by atoms with Crippen molar-refractivity contribution in [2.75, 3.05) is 5.75 Å². The number of thiazole rings is 1. The normalized spacial score (nSPS) is 15.2. The average molecular weight is 584 g/mol. The second kappa shape index (κ2) is 12.8. The zero-order chi connectivity index (χ0) is 28.9. The average Bonchev–Trinajstić information content (AvgIpc) is 3.54. The van der Waals surface area contributed by atoms with Crippen molar-refractivity contribution in [3.05, 3.63) is 112 Å². The molecule has 0 radical (unpaired) electrons. The Morgan fingerprint density at radius 2 is 1.80 bits per heavy atom. The number of aliphatic hydroxyl groups is 1. The molecule has 2 N–H and O–H groups in total. The Morgan fingerprint density at radius 1 is 1.05 bits per heavy atom. The van der Waals surface area contributed by atoms with E-state index in [1.165, 1.54) is 5.56 Å². The molecule has 0 saturated heterocycles. The highest BCUT2D eigenvalue weighted by atomic mass is 32.2. The first kappa shape index (κ1) is 29.3. The van der Waals surface area contributed by atoms with Gasteiger partial charge in [0.25, 0.3) is 0 Å². The fourth-order valence-corrected chi connectivity index (χ4v) is 7.54. The third kappa shape index (κ3) is 7.97. The lowest BCUT2D eigenvalue weighted by atomic mass is 9.90. The Labute approximate surface area is 251 Å². The number of rotatable bonds is 13. The summed E-state index contributed by atoms with van der Waals surface area (Å²) in [6, 6.07) is 27.0. The molecule has 1 atom stereocenters. The van der Waals surface area contributed by atoms with E-state index in [0.717, 1.165) is 64.4 Å². The second-order valence-corrected chi connectivity index (χ2v) is 13.6. The molecule has 0 amide bonds. The minimum Gasteiger partial charge on any atom is -0.481 e. The van der Waals surface area contributed by atoms with Gasteiger partial charge in [-0.25, -0.2) is 4.98 Å². The van der Waals surface area contributed by atoms with Crippen LogP contribution in [0.5, 0.6) is 0 Å². The molecule has 6 heteroatoms. The van der Waals surface area contributed by atoms with E-state index in [2.05, 4.69) is 60.0 Å². The predicted octanol–water partition coefficient (Wildman–Crippen LogP) is 8.87. The summed E-state index contributed by atoms with van der Waals surface area (Å²) in [6.07, 6.45) is 8.16. The molecule has 4 nitrogen and oxygen atoms in total. The minimum absolute atomic E-state index is 0.0709. The topological polar surface area (TPSA) is 70.4 Å². The lowest BCUT2D eigenvalue weighted by molar-refractivity contribution is -0.138. The number of benzene rings is 3. The molecule has 4 aromatic rings. The summed E-state index contributed by atoms with van der Waals surface area (Å²) in [4.78, 5) is 16.3. The van der Waals surface area contributed by atoms with E-state index >= 15 is 0 Å². The Morgan fingerprint density at radius 3 is 2.54 bits per heavy atom. The Bertz CT molecular complexity index is 1500. The first-order chi connectivity index (χ1) is 19.7. The summed E-state index contributed by atoms with van der Waals surface area (Å²) in [7, 11) is 0. The van der Waals surface area contributed by atoms with E-state index in [1.54, 1.807) is 11.3 Å². The smallest absolute Gasteiger partial charge is 0.303 e. The van der Waals surface area contributed by atoms with E-state index in [4.69, 9.17) is 4.98 Å². The summed E-state index contributed by atoms with van der Waals surface area (Å²) in [5, 5.41) is 23.5. The molecule has 212 valence electrons. The fraction of sp³-hybridized carbons (Fsp3) is 0.314. The molecule has 5 rings (SSSR count). The summed E-state index contributed by atoms with van der Waals surface area (Å²) in [6.45, 7) is 3.67. The van der Waals surface area contributed by atoms with Gasteiger partial charge in [-0.2, -0.15) is 11.8 Å². The third-order valence-electron chi connectivity index (χ3n) is 7.72. The molecule has 1 aliphatic rings. The summed E-state index contributed by atoms with van der Waals surface area (Å²) in [5.74, 6) is 0.141. The van der Waals surface area contributed by atoms with Crippen LogP contribution in [0.4, 0.5) is 0 Å². The van der Waals surface area contributed by atoms with E-state index in [9.17, 15) is 15.0 Å². The van der Waals surface area contributed by atoms with Gasteiger partial charge in [-0.05, 0) is 73.3 Å². The number of aryl methyl sites for hydroxylation is 1. The lowest BCUT2D eigenvalue weighted by Crippen LogP contribution is -2.18. The molecule has 41 heavy (non-hydrogen) atoms. The van der Waals surface area contributed by atoms with Crippen molar-refractivity contribution >= 4 is 41.2 Å². The molecule has 0 unspecified atom stereocenters. The van der Waals surface area contributed by atoms with Gasteiger partial charge in [-0.3, -0.25) is 4.79 Å². The van der Waals surface area contributed by atoms with Crippen LogP contribution in [-0.4, -0.2) is 26.9 Å². The van der Waals surface area contributed by atoms with Gasteiger partial charge in [0.1, 0.15) is 5.01 Å². The van der Waals surface area contributed by atoms with E-state index in [1.807, 2.05) is 62.0 Å². The first-order valence-corrected chi connectivity index (χ1v) is 16.1. The van der Waals surface area contributed by atoms with Gasteiger partial charge in [-0.1, -0.05) is 84.9 Å². The molecule has 1 aliphatic carbocycles. The third-order valence-corrected chi connectivity index (χ3v) is 10.2. The number of thioether (sulfide) groups is 1. The van der Waals surface area contributed by atoms with Crippen LogP contribution in [-0.2, 0) is 16.8 Å². The van der Waals surface area contributed by atoms with E-state index in [0.29, 0.717) is 0 Å². The Balaban J connectivity index is 1.34. The Hall–Kier alpha value is -3.19. The maximum atomic E-state index is 11.5. The molecular formula is C35H37NO3S2. The quantitative estimate of drug-likeness (QED) is 0.164. The Kier molecular flexibility index (Phi) is 9.12. The molecule has 1 fully saturated rings. The van der Waals surface area contributed by atoms with Crippen LogP contribution < -0.4 is 0 Å². The maximum absolute atomic E-state index is 11.5. The summed E-state index contributed by atoms with van der Waals surface area (Å²) >= 11 is 3.52. The van der Waals surface area contributed by atoms with Gasteiger partial charge in [0.15, 0.2) is 0 Å². The second-order valence-electron chi connectivity index (χ2n) is 11.6. The van der Waals surface area contributed by atoms with Gasteiger partial charge in [0.2, 0.25) is 0 Å². The van der Waals surface area contributed by atoms with Crippen molar-refractivity contribution < 1.29 is 15.0 Å². The van der Waals surface area contributed by atoms with Crippen molar-refractivity contribution in [2.24, 2.45) is 5.41 Å². The first-order valence-electron chi connectivity index (χ1n) is 14.1. The SMILES string of the molecule is CC(C)(O)c1ccccc1CC[C@@H](SCC1(CC(=O)O)CC1)c1cccc(/C=C/c2nc(-c3ccccc3)cs2)c1. The molecule has 0 aliphatic heterocycles. The highest BCUT2D eigenvalue weighted by molar-refractivity contribution is 7.99. The van der Waals surface area contributed by atoms with Crippen LogP contribution in [0, 0.1) is 5.41 Å². The zero-order valence-electron chi connectivity index (χ0n) is 23.6. The van der Waals surface area contributed by atoms with Crippen LogP contribution in [0.25, 0.3) is 23.4 Å². The summed E-state index contributed by atoms with van der Waals surface area (Å²) < 4.78 is 0. The van der Waals surface area contributed by atoms with Gasteiger partial charge >= 0.3 is 5.97 Å². The van der Waals surface area contributed by atoms with Gasteiger partial charge in [0, 0.05) is 21.9 Å².